The first-order valence-corrected chi connectivity index (χ1v) is 8.97. The smallest absolute Gasteiger partial charge is 0.222 e. The van der Waals surface area contributed by atoms with Crippen molar-refractivity contribution in [2.24, 2.45) is 0 Å². The summed E-state index contributed by atoms with van der Waals surface area (Å²) in [6.45, 7) is 3.10. The summed E-state index contributed by atoms with van der Waals surface area (Å²) in [5.41, 5.74) is 0.781. The molecule has 1 aromatic carbocycles. The van der Waals surface area contributed by atoms with E-state index in [-0.39, 0.29) is 17.7 Å². The van der Waals surface area contributed by atoms with Gasteiger partial charge in [-0.3, -0.25) is 4.79 Å². The van der Waals surface area contributed by atoms with Crippen molar-refractivity contribution in [1.82, 2.24) is 9.62 Å². The highest BCUT2D eigenvalue weighted by atomic mass is 32.2. The maximum Gasteiger partial charge on any atom is 0.222 e. The van der Waals surface area contributed by atoms with Crippen LogP contribution in [0.3, 0.4) is 0 Å². The number of amides is 1. The minimum atomic E-state index is -3.33. The lowest BCUT2D eigenvalue weighted by Crippen LogP contribution is -2.46. The summed E-state index contributed by atoms with van der Waals surface area (Å²) in [4.78, 5) is 13.4. The SMILES string of the molecule is CCC(=O)N1CCC(NS(=O)(=O)Cc2ccccc2)CC1. The van der Waals surface area contributed by atoms with Crippen LogP contribution in [0.4, 0.5) is 0 Å². The number of hydrogen-bond acceptors (Lipinski definition) is 3. The lowest BCUT2D eigenvalue weighted by atomic mass is 10.1. The monoisotopic (exact) mass is 310 g/mol. The highest BCUT2D eigenvalue weighted by Crippen LogP contribution is 2.13. The van der Waals surface area contributed by atoms with Crippen molar-refractivity contribution in [3.63, 3.8) is 0 Å². The molecular weight excluding hydrogens is 288 g/mol. The second kappa shape index (κ2) is 7.04. The zero-order valence-electron chi connectivity index (χ0n) is 12.3. The molecule has 1 heterocycles. The van der Waals surface area contributed by atoms with Crippen LogP contribution in [0.25, 0.3) is 0 Å². The van der Waals surface area contributed by atoms with Gasteiger partial charge in [0.15, 0.2) is 0 Å². The van der Waals surface area contributed by atoms with Crippen molar-refractivity contribution in [3.8, 4) is 0 Å². The summed E-state index contributed by atoms with van der Waals surface area (Å²) < 4.78 is 27.1. The van der Waals surface area contributed by atoms with Crippen LogP contribution >= 0.6 is 0 Å². The number of carbonyl (C=O) groups is 1. The van der Waals surface area contributed by atoms with Gasteiger partial charge in [-0.15, -0.1) is 0 Å². The van der Waals surface area contributed by atoms with Crippen LogP contribution in [-0.2, 0) is 20.6 Å². The number of carbonyl (C=O) groups excluding carboxylic acids is 1. The molecule has 21 heavy (non-hydrogen) atoms. The molecule has 0 radical (unpaired) electrons. The Morgan fingerprint density at radius 1 is 1.24 bits per heavy atom. The molecule has 0 atom stereocenters. The fourth-order valence-electron chi connectivity index (χ4n) is 2.56. The van der Waals surface area contributed by atoms with Gasteiger partial charge in [0.05, 0.1) is 5.75 Å². The number of benzene rings is 1. The Bertz CT molecular complexity index is 564. The van der Waals surface area contributed by atoms with E-state index in [0.29, 0.717) is 32.4 Å². The first kappa shape index (κ1) is 16.0. The first-order chi connectivity index (χ1) is 10.00. The number of sulfonamides is 1. The average Bonchev–Trinajstić information content (AvgIpc) is 2.47. The quantitative estimate of drug-likeness (QED) is 0.896. The van der Waals surface area contributed by atoms with Crippen molar-refractivity contribution in [2.75, 3.05) is 13.1 Å². The van der Waals surface area contributed by atoms with Crippen molar-refractivity contribution in [2.45, 2.75) is 38.0 Å². The van der Waals surface area contributed by atoms with Crippen LogP contribution < -0.4 is 4.72 Å². The van der Waals surface area contributed by atoms with Crippen molar-refractivity contribution in [3.05, 3.63) is 35.9 Å². The molecule has 2 rings (SSSR count). The molecule has 1 aromatic rings. The van der Waals surface area contributed by atoms with Crippen LogP contribution in [0.5, 0.6) is 0 Å². The van der Waals surface area contributed by atoms with E-state index in [0.717, 1.165) is 5.56 Å². The third kappa shape index (κ3) is 4.82. The predicted molar refractivity (Wildman–Crippen MR) is 82.1 cm³/mol. The summed E-state index contributed by atoms with van der Waals surface area (Å²) in [7, 11) is -3.33. The number of piperidine rings is 1. The molecule has 1 amide bonds. The second-order valence-corrected chi connectivity index (χ2v) is 7.13. The van der Waals surface area contributed by atoms with E-state index < -0.39 is 10.0 Å². The summed E-state index contributed by atoms with van der Waals surface area (Å²) in [5.74, 6) is 0.141. The molecule has 1 fully saturated rings. The standard InChI is InChI=1S/C15H22N2O3S/c1-2-15(18)17-10-8-14(9-11-17)16-21(19,20)12-13-6-4-3-5-7-13/h3-7,14,16H,2,8-12H2,1H3. The van der Waals surface area contributed by atoms with Crippen LogP contribution in [0.15, 0.2) is 30.3 Å². The van der Waals surface area contributed by atoms with Gasteiger partial charge in [0, 0.05) is 25.6 Å². The van der Waals surface area contributed by atoms with E-state index in [9.17, 15) is 13.2 Å². The minimum absolute atomic E-state index is 0.00193. The predicted octanol–water partition coefficient (Wildman–Crippen LogP) is 1.51. The van der Waals surface area contributed by atoms with Crippen molar-refractivity contribution in [1.29, 1.82) is 0 Å². The normalized spacial score (nSPS) is 16.9. The molecule has 1 N–H and O–H groups in total. The topological polar surface area (TPSA) is 66.5 Å². The fraction of sp³-hybridized carbons (Fsp3) is 0.533. The molecule has 0 spiro atoms. The number of rotatable bonds is 5. The Morgan fingerprint density at radius 2 is 1.86 bits per heavy atom. The molecule has 0 aromatic heterocycles. The van der Waals surface area contributed by atoms with Crippen LogP contribution in [-0.4, -0.2) is 38.4 Å². The van der Waals surface area contributed by atoms with Gasteiger partial charge in [0.2, 0.25) is 15.9 Å². The van der Waals surface area contributed by atoms with E-state index >= 15 is 0 Å². The number of hydrogen-bond donors (Lipinski definition) is 1. The Labute approximate surface area is 126 Å². The summed E-state index contributed by atoms with van der Waals surface area (Å²) in [6.07, 6.45) is 1.87. The molecule has 116 valence electrons. The van der Waals surface area contributed by atoms with E-state index in [1.165, 1.54) is 0 Å². The molecule has 0 aliphatic carbocycles. The second-order valence-electron chi connectivity index (χ2n) is 5.37. The number of likely N-dealkylation sites (tertiary alicyclic amines) is 1. The molecule has 1 aliphatic rings. The number of nitrogens with zero attached hydrogens (tertiary/aromatic N) is 1. The molecule has 5 nitrogen and oxygen atoms in total. The third-order valence-corrected chi connectivity index (χ3v) is 5.10. The maximum atomic E-state index is 12.1. The van der Waals surface area contributed by atoms with Crippen molar-refractivity contribution >= 4 is 15.9 Å². The largest absolute Gasteiger partial charge is 0.343 e. The third-order valence-electron chi connectivity index (χ3n) is 3.70. The van der Waals surface area contributed by atoms with Gasteiger partial charge in [-0.1, -0.05) is 37.3 Å². The Morgan fingerprint density at radius 3 is 2.43 bits per heavy atom. The summed E-state index contributed by atoms with van der Waals surface area (Å²) in [6, 6.07) is 9.08. The Kier molecular flexibility index (Phi) is 5.36. The van der Waals surface area contributed by atoms with E-state index in [1.807, 2.05) is 42.2 Å². The molecule has 6 heteroatoms. The lowest BCUT2D eigenvalue weighted by Gasteiger charge is -2.32. The highest BCUT2D eigenvalue weighted by Gasteiger charge is 2.25. The lowest BCUT2D eigenvalue weighted by molar-refractivity contribution is -0.131. The van der Waals surface area contributed by atoms with Gasteiger partial charge in [-0.05, 0) is 18.4 Å². The zero-order chi connectivity index (χ0) is 15.3. The highest BCUT2D eigenvalue weighted by molar-refractivity contribution is 7.88. The fourth-order valence-corrected chi connectivity index (χ4v) is 4.02. The molecule has 1 saturated heterocycles. The summed E-state index contributed by atoms with van der Waals surface area (Å²) in [5, 5.41) is 0. The Hall–Kier alpha value is -1.40. The van der Waals surface area contributed by atoms with Gasteiger partial charge in [0.25, 0.3) is 0 Å². The van der Waals surface area contributed by atoms with Gasteiger partial charge >= 0.3 is 0 Å². The number of nitrogens with one attached hydrogen (secondary N) is 1. The van der Waals surface area contributed by atoms with Gasteiger partial charge in [-0.2, -0.15) is 0 Å². The zero-order valence-corrected chi connectivity index (χ0v) is 13.1. The molecular formula is C15H22N2O3S. The van der Waals surface area contributed by atoms with Gasteiger partial charge in [-0.25, -0.2) is 13.1 Å². The van der Waals surface area contributed by atoms with Crippen LogP contribution in [0.2, 0.25) is 0 Å². The van der Waals surface area contributed by atoms with Crippen LogP contribution in [0, 0.1) is 0 Å². The van der Waals surface area contributed by atoms with Crippen LogP contribution in [0.1, 0.15) is 31.7 Å². The minimum Gasteiger partial charge on any atom is -0.343 e. The molecule has 0 unspecified atom stereocenters. The van der Waals surface area contributed by atoms with E-state index in [1.54, 1.807) is 0 Å². The van der Waals surface area contributed by atoms with E-state index in [4.69, 9.17) is 0 Å². The maximum absolute atomic E-state index is 12.1. The molecule has 1 aliphatic heterocycles. The average molecular weight is 310 g/mol. The van der Waals surface area contributed by atoms with Gasteiger partial charge < -0.3 is 4.90 Å². The van der Waals surface area contributed by atoms with E-state index in [2.05, 4.69) is 4.72 Å². The van der Waals surface area contributed by atoms with Crippen molar-refractivity contribution < 1.29 is 13.2 Å². The first-order valence-electron chi connectivity index (χ1n) is 7.32. The molecule has 0 saturated carbocycles. The van der Waals surface area contributed by atoms with Gasteiger partial charge in [0.1, 0.15) is 0 Å². The molecule has 0 bridgehead atoms. The Balaban J connectivity index is 1.86. The summed E-state index contributed by atoms with van der Waals surface area (Å²) >= 11 is 0.